The van der Waals surface area contributed by atoms with Crippen LogP contribution in [0.2, 0.25) is 0 Å². The number of rotatable bonds is 2. The Labute approximate surface area is 73.5 Å². The van der Waals surface area contributed by atoms with Gasteiger partial charge in [-0.2, -0.15) is 0 Å². The Morgan fingerprint density at radius 2 is 1.69 bits per heavy atom. The van der Waals surface area contributed by atoms with Crippen LogP contribution in [0.3, 0.4) is 0 Å². The minimum Gasteiger partial charge on any atom is -0.507 e. The molecule has 0 saturated carbocycles. The number of aliphatic hydroxyl groups is 1. The fraction of sp³-hybridized carbons (Fsp3) is 0.125. The first-order chi connectivity index (χ1) is 6.06. The van der Waals surface area contributed by atoms with Crippen LogP contribution in [0.1, 0.15) is 15.9 Å². The Morgan fingerprint density at radius 1 is 1.23 bits per heavy atom. The first-order valence-corrected chi connectivity index (χ1v) is 3.45. The molecule has 0 radical (unpaired) electrons. The summed E-state index contributed by atoms with van der Waals surface area (Å²) < 4.78 is 0. The van der Waals surface area contributed by atoms with E-state index in [1.165, 1.54) is 0 Å². The molecule has 0 amide bonds. The second-order valence-corrected chi connectivity index (χ2v) is 2.47. The summed E-state index contributed by atoms with van der Waals surface area (Å²) in [5.74, 6) is -2.53. The van der Waals surface area contributed by atoms with Crippen LogP contribution < -0.4 is 0 Å². The molecule has 5 nitrogen and oxygen atoms in total. The lowest BCUT2D eigenvalue weighted by Crippen LogP contribution is -1.98. The number of hydrogen-bond acceptors (Lipinski definition) is 4. The molecule has 0 aliphatic heterocycles. The average molecular weight is 184 g/mol. The van der Waals surface area contributed by atoms with Crippen LogP contribution in [0.15, 0.2) is 12.1 Å². The van der Waals surface area contributed by atoms with Gasteiger partial charge in [0.05, 0.1) is 6.61 Å². The Morgan fingerprint density at radius 3 is 2.00 bits per heavy atom. The van der Waals surface area contributed by atoms with Crippen LogP contribution >= 0.6 is 0 Å². The summed E-state index contributed by atoms with van der Waals surface area (Å²) in [6.07, 6.45) is 0. The highest BCUT2D eigenvalue weighted by Gasteiger charge is 2.15. The third kappa shape index (κ3) is 1.70. The minimum atomic E-state index is -1.42. The SMILES string of the molecule is O=C(O)c1c(O)cc(CO)cc1O. The summed E-state index contributed by atoms with van der Waals surface area (Å²) in [5, 5.41) is 35.4. The number of aromatic carboxylic acids is 1. The quantitative estimate of drug-likeness (QED) is 0.529. The fourth-order valence-electron chi connectivity index (χ4n) is 0.979. The molecule has 0 atom stereocenters. The molecule has 4 N–H and O–H groups in total. The molecule has 1 aromatic carbocycles. The predicted molar refractivity (Wildman–Crippen MR) is 42.7 cm³/mol. The topological polar surface area (TPSA) is 98.0 Å². The van der Waals surface area contributed by atoms with Gasteiger partial charge in [-0.25, -0.2) is 4.79 Å². The molecule has 0 heterocycles. The lowest BCUT2D eigenvalue weighted by atomic mass is 10.1. The van der Waals surface area contributed by atoms with Gasteiger partial charge >= 0.3 is 5.97 Å². The van der Waals surface area contributed by atoms with Crippen LogP contribution in [-0.4, -0.2) is 26.4 Å². The van der Waals surface area contributed by atoms with Crippen molar-refractivity contribution in [1.29, 1.82) is 0 Å². The van der Waals surface area contributed by atoms with E-state index < -0.39 is 23.0 Å². The summed E-state index contributed by atoms with van der Waals surface area (Å²) in [6.45, 7) is -0.374. The second-order valence-electron chi connectivity index (χ2n) is 2.47. The van der Waals surface area contributed by atoms with E-state index >= 15 is 0 Å². The molecule has 1 aromatic rings. The highest BCUT2D eigenvalue weighted by atomic mass is 16.4. The van der Waals surface area contributed by atoms with Crippen molar-refractivity contribution >= 4 is 5.97 Å². The standard InChI is InChI=1S/C8H8O5/c9-3-4-1-5(10)7(8(12)13)6(11)2-4/h1-2,9-11H,3H2,(H,12,13). The third-order valence-electron chi connectivity index (χ3n) is 1.55. The molecule has 0 aliphatic carbocycles. The zero-order chi connectivity index (χ0) is 10.0. The van der Waals surface area contributed by atoms with Crippen LogP contribution in [0, 0.1) is 0 Å². The maximum absolute atomic E-state index is 10.5. The van der Waals surface area contributed by atoms with E-state index in [4.69, 9.17) is 20.4 Å². The maximum Gasteiger partial charge on any atom is 0.343 e. The molecule has 0 spiro atoms. The molecule has 0 unspecified atom stereocenters. The van der Waals surface area contributed by atoms with Gasteiger partial charge in [0.25, 0.3) is 0 Å². The number of benzene rings is 1. The van der Waals surface area contributed by atoms with Crippen LogP contribution in [0.5, 0.6) is 11.5 Å². The van der Waals surface area contributed by atoms with E-state index in [1.54, 1.807) is 0 Å². The van der Waals surface area contributed by atoms with E-state index in [-0.39, 0.29) is 12.2 Å². The third-order valence-corrected chi connectivity index (χ3v) is 1.55. The Balaban J connectivity index is 3.31. The Kier molecular flexibility index (Phi) is 2.39. The van der Waals surface area contributed by atoms with E-state index in [1.807, 2.05) is 0 Å². The van der Waals surface area contributed by atoms with Crippen LogP contribution in [0.4, 0.5) is 0 Å². The predicted octanol–water partition coefficient (Wildman–Crippen LogP) is 0.288. The molecule has 70 valence electrons. The molecule has 0 aromatic heterocycles. The Hall–Kier alpha value is -1.75. The largest absolute Gasteiger partial charge is 0.507 e. The van der Waals surface area contributed by atoms with Crippen molar-refractivity contribution in [2.45, 2.75) is 6.61 Å². The van der Waals surface area contributed by atoms with Gasteiger partial charge in [0.2, 0.25) is 0 Å². The number of carbonyl (C=O) groups is 1. The Bertz CT molecular complexity index is 321. The lowest BCUT2D eigenvalue weighted by Gasteiger charge is -2.04. The van der Waals surface area contributed by atoms with E-state index in [0.717, 1.165) is 12.1 Å². The van der Waals surface area contributed by atoms with Crippen molar-refractivity contribution in [1.82, 2.24) is 0 Å². The van der Waals surface area contributed by atoms with Crippen molar-refractivity contribution in [3.8, 4) is 11.5 Å². The number of hydrogen-bond donors (Lipinski definition) is 4. The minimum absolute atomic E-state index is 0.250. The summed E-state index contributed by atoms with van der Waals surface area (Å²) >= 11 is 0. The van der Waals surface area contributed by atoms with Gasteiger partial charge in [-0.05, 0) is 17.7 Å². The summed E-state index contributed by atoms with van der Waals surface area (Å²) in [6, 6.07) is 2.17. The molecule has 0 bridgehead atoms. The number of carboxylic acid groups (broad SMARTS) is 1. The number of carboxylic acids is 1. The van der Waals surface area contributed by atoms with Gasteiger partial charge in [0.15, 0.2) is 0 Å². The molecular formula is C8H8O5. The summed E-state index contributed by atoms with van der Waals surface area (Å²) in [4.78, 5) is 10.5. The highest BCUT2D eigenvalue weighted by molar-refractivity contribution is 5.94. The maximum atomic E-state index is 10.5. The van der Waals surface area contributed by atoms with E-state index in [0.29, 0.717) is 0 Å². The molecule has 0 saturated heterocycles. The van der Waals surface area contributed by atoms with Crippen molar-refractivity contribution in [2.24, 2.45) is 0 Å². The van der Waals surface area contributed by atoms with Crippen LogP contribution in [0.25, 0.3) is 0 Å². The van der Waals surface area contributed by atoms with Crippen molar-refractivity contribution in [3.05, 3.63) is 23.3 Å². The van der Waals surface area contributed by atoms with Gasteiger partial charge in [-0.3, -0.25) is 0 Å². The van der Waals surface area contributed by atoms with E-state index in [2.05, 4.69) is 0 Å². The second kappa shape index (κ2) is 3.32. The number of aromatic hydroxyl groups is 2. The van der Waals surface area contributed by atoms with E-state index in [9.17, 15) is 4.79 Å². The first kappa shape index (κ1) is 9.34. The number of aliphatic hydroxyl groups excluding tert-OH is 1. The molecule has 0 fully saturated rings. The average Bonchev–Trinajstić information content (AvgIpc) is 2.02. The van der Waals surface area contributed by atoms with Gasteiger partial charge < -0.3 is 20.4 Å². The summed E-state index contributed by atoms with van der Waals surface area (Å²) in [7, 11) is 0. The van der Waals surface area contributed by atoms with Crippen molar-refractivity contribution in [3.63, 3.8) is 0 Å². The van der Waals surface area contributed by atoms with Crippen LogP contribution in [-0.2, 0) is 6.61 Å². The van der Waals surface area contributed by atoms with Crippen molar-refractivity contribution < 1.29 is 25.2 Å². The van der Waals surface area contributed by atoms with Gasteiger partial charge in [-0.15, -0.1) is 0 Å². The summed E-state index contributed by atoms with van der Waals surface area (Å²) in [5.41, 5.74) is -0.308. The first-order valence-electron chi connectivity index (χ1n) is 3.45. The zero-order valence-electron chi connectivity index (χ0n) is 6.56. The molecule has 0 aliphatic rings. The molecule has 13 heavy (non-hydrogen) atoms. The van der Waals surface area contributed by atoms with Gasteiger partial charge in [0.1, 0.15) is 17.1 Å². The van der Waals surface area contributed by atoms with Gasteiger partial charge in [0, 0.05) is 0 Å². The lowest BCUT2D eigenvalue weighted by molar-refractivity contribution is 0.0690. The fourth-order valence-corrected chi connectivity index (χ4v) is 0.979. The highest BCUT2D eigenvalue weighted by Crippen LogP contribution is 2.28. The van der Waals surface area contributed by atoms with Gasteiger partial charge in [-0.1, -0.05) is 0 Å². The molecule has 1 rings (SSSR count). The zero-order valence-corrected chi connectivity index (χ0v) is 6.56. The molecular weight excluding hydrogens is 176 g/mol. The molecule has 5 heteroatoms. The van der Waals surface area contributed by atoms with Crippen molar-refractivity contribution in [2.75, 3.05) is 0 Å². The normalized spacial score (nSPS) is 9.92. The number of phenols is 2. The monoisotopic (exact) mass is 184 g/mol. The smallest absolute Gasteiger partial charge is 0.343 e.